The van der Waals surface area contributed by atoms with Gasteiger partial charge in [0, 0.05) is 34.3 Å². The number of aromatic hydroxyl groups is 3. The fourth-order valence-electron chi connectivity index (χ4n) is 6.78. The first-order valence-corrected chi connectivity index (χ1v) is 14.8. The Morgan fingerprint density at radius 1 is 0.958 bits per heavy atom. The van der Waals surface area contributed by atoms with Crippen molar-refractivity contribution in [1.82, 2.24) is 5.32 Å². The van der Waals surface area contributed by atoms with Gasteiger partial charge >= 0.3 is 5.97 Å². The Morgan fingerprint density at radius 2 is 1.65 bits per heavy atom. The zero-order valence-electron chi connectivity index (χ0n) is 25.2. The lowest BCUT2D eigenvalue weighted by molar-refractivity contribution is -0.293. The van der Waals surface area contributed by atoms with Gasteiger partial charge in [-0.3, -0.25) is 19.2 Å². The lowest BCUT2D eigenvalue weighted by atomic mass is 9.65. The van der Waals surface area contributed by atoms with Gasteiger partial charge in [-0.1, -0.05) is 6.07 Å². The first-order chi connectivity index (χ1) is 22.5. The Bertz CT molecular complexity index is 1860. The number of carbonyl (C=O) groups is 4. The molecule has 0 bridgehead atoms. The number of phenolic OH excluding ortho intramolecular Hbond substituents is 3. The van der Waals surface area contributed by atoms with E-state index in [0.29, 0.717) is 0 Å². The number of allylic oxidation sites excluding steroid dienone is 2. The van der Waals surface area contributed by atoms with E-state index in [1.807, 2.05) is 0 Å². The number of hydrogen-bond acceptors (Lipinski definition) is 14. The van der Waals surface area contributed by atoms with Crippen molar-refractivity contribution in [3.63, 3.8) is 0 Å². The molecule has 10 N–H and O–H groups in total. The van der Waals surface area contributed by atoms with Crippen molar-refractivity contribution in [2.24, 2.45) is 5.92 Å². The van der Waals surface area contributed by atoms with Crippen LogP contribution in [-0.4, -0.2) is 113 Å². The molecule has 1 fully saturated rings. The number of carboxylic acid groups (broad SMARTS) is 1. The summed E-state index contributed by atoms with van der Waals surface area (Å²) < 4.78 is 11.3. The van der Waals surface area contributed by atoms with Gasteiger partial charge in [0.2, 0.25) is 0 Å². The van der Waals surface area contributed by atoms with E-state index in [2.05, 4.69) is 5.32 Å². The largest absolute Gasteiger partial charge is 0.508 e. The van der Waals surface area contributed by atoms with Gasteiger partial charge in [-0.25, -0.2) is 0 Å². The second-order valence-electron chi connectivity index (χ2n) is 12.2. The maximum Gasteiger partial charge on any atom is 0.325 e. The summed E-state index contributed by atoms with van der Waals surface area (Å²) in [6, 6.07) is 1.69. The monoisotopic (exact) mass is 669 g/mol. The van der Waals surface area contributed by atoms with Gasteiger partial charge in [0.25, 0.3) is 5.91 Å². The van der Waals surface area contributed by atoms with Gasteiger partial charge in [0.1, 0.15) is 53.5 Å². The van der Waals surface area contributed by atoms with Gasteiger partial charge in [-0.15, -0.1) is 0 Å². The fourth-order valence-corrected chi connectivity index (χ4v) is 6.78. The van der Waals surface area contributed by atoms with Gasteiger partial charge in [0.15, 0.2) is 17.9 Å². The molecule has 1 aliphatic heterocycles. The predicted octanol–water partition coefficient (Wildman–Crippen LogP) is -0.149. The van der Waals surface area contributed by atoms with E-state index in [9.17, 15) is 65.1 Å². The van der Waals surface area contributed by atoms with Crippen LogP contribution in [0.4, 0.5) is 0 Å². The zero-order valence-corrected chi connectivity index (χ0v) is 25.2. The van der Waals surface area contributed by atoms with Crippen LogP contribution in [0.2, 0.25) is 0 Å². The molecule has 48 heavy (non-hydrogen) atoms. The molecule has 4 aliphatic rings. The minimum Gasteiger partial charge on any atom is -0.508 e. The average molecular weight is 670 g/mol. The lowest BCUT2D eigenvalue weighted by Gasteiger charge is -2.44. The lowest BCUT2D eigenvalue weighted by Crippen LogP contribution is -2.55. The number of aliphatic hydroxyl groups is 5. The predicted molar refractivity (Wildman–Crippen MR) is 158 cm³/mol. The summed E-state index contributed by atoms with van der Waals surface area (Å²) in [4.78, 5) is 52.1. The molecular formula is C32H31NO15. The van der Waals surface area contributed by atoms with Gasteiger partial charge in [0.05, 0.1) is 29.4 Å². The van der Waals surface area contributed by atoms with Crippen LogP contribution in [0.1, 0.15) is 67.2 Å². The highest BCUT2D eigenvalue weighted by molar-refractivity contribution is 6.30. The van der Waals surface area contributed by atoms with E-state index in [4.69, 9.17) is 9.47 Å². The van der Waals surface area contributed by atoms with Gasteiger partial charge in [-0.05, 0) is 37.5 Å². The molecule has 16 nitrogen and oxygen atoms in total. The number of fused-ring (bicyclic) bond motifs is 4. The van der Waals surface area contributed by atoms with E-state index < -0.39 is 131 Å². The molecule has 0 aromatic heterocycles. The van der Waals surface area contributed by atoms with E-state index in [1.54, 1.807) is 0 Å². The molecule has 2 unspecified atom stereocenters. The third kappa shape index (κ3) is 4.92. The number of nitrogens with one attached hydrogen (secondary N) is 1. The van der Waals surface area contributed by atoms with Crippen molar-refractivity contribution in [2.45, 2.75) is 63.1 Å². The number of carboxylic acids is 1. The van der Waals surface area contributed by atoms with Crippen LogP contribution in [0.25, 0.3) is 5.57 Å². The number of amides is 1. The Hall–Kier alpha value is -4.84. The minimum atomic E-state index is -1.82. The summed E-state index contributed by atoms with van der Waals surface area (Å²) >= 11 is 0. The summed E-state index contributed by atoms with van der Waals surface area (Å²) in [5.41, 5.74) is -2.73. The van der Waals surface area contributed by atoms with Crippen LogP contribution in [0.3, 0.4) is 0 Å². The Balaban J connectivity index is 1.56. The van der Waals surface area contributed by atoms with Crippen LogP contribution in [0.15, 0.2) is 35.1 Å². The maximum absolute atomic E-state index is 13.7. The second-order valence-corrected chi connectivity index (χ2v) is 12.2. The van der Waals surface area contributed by atoms with Crippen molar-refractivity contribution < 1.29 is 74.6 Å². The van der Waals surface area contributed by atoms with Crippen LogP contribution in [0.5, 0.6) is 17.2 Å². The third-order valence-corrected chi connectivity index (χ3v) is 9.17. The molecule has 16 heteroatoms. The Labute approximate surface area is 270 Å². The van der Waals surface area contributed by atoms with Gasteiger partial charge < -0.3 is 60.7 Å². The summed E-state index contributed by atoms with van der Waals surface area (Å²) in [5, 5.41) is 97.9. The standard InChI is InChI=1S/C32H31NO15/c1-8-3-14-20(26(41)17(8)30(44)33-9(2)31(45)46)19-12(24(39)29(14)48-32-28(43)25(40)16(36)7-47-32)6-13-21(27(19)42)23(38)11-4-10(34)5-15(35)18(11)22(13)37/h3-5,9,12,16,24-25,28-29,32,34-36,39-43H,6-7H2,1-2H3,(H,33,44)(H,45,46)/t9-,12?,16-,24+,25+,28-,29+,32?/m1/s1. The maximum atomic E-state index is 13.7. The molecule has 1 amide bonds. The van der Waals surface area contributed by atoms with E-state index in [-0.39, 0.29) is 27.8 Å². The fraction of sp³-hybridized carbons (Fsp3) is 0.375. The van der Waals surface area contributed by atoms with E-state index in [1.165, 1.54) is 19.9 Å². The number of phenols is 3. The SMILES string of the molecule is Cc1cc2c(c(O)c1C(=O)N[C@H](C)C(=O)O)C1=C(O)C3=C(CC1[C@H](O)[C@H]2OC1OC[C@@H](O)[C@H](O)[C@H]1O)C(=O)c1c(O)cc(O)cc1C3=O. The molecular weight excluding hydrogens is 638 g/mol. The quantitative estimate of drug-likeness (QED) is 0.198. The molecule has 1 heterocycles. The van der Waals surface area contributed by atoms with Crippen molar-refractivity contribution in [3.8, 4) is 17.2 Å². The zero-order chi connectivity index (χ0) is 35.1. The highest BCUT2D eigenvalue weighted by Crippen LogP contribution is 2.56. The van der Waals surface area contributed by atoms with Gasteiger partial charge in [-0.2, -0.15) is 0 Å². The normalized spacial score (nSPS) is 28.7. The molecule has 1 saturated heterocycles. The highest BCUT2D eigenvalue weighted by atomic mass is 16.7. The highest BCUT2D eigenvalue weighted by Gasteiger charge is 2.52. The van der Waals surface area contributed by atoms with Crippen LogP contribution >= 0.6 is 0 Å². The average Bonchev–Trinajstić information content (AvgIpc) is 3.01. The van der Waals surface area contributed by atoms with Crippen molar-refractivity contribution >= 4 is 29.0 Å². The first-order valence-electron chi connectivity index (χ1n) is 14.8. The van der Waals surface area contributed by atoms with Crippen molar-refractivity contribution in [3.05, 3.63) is 68.5 Å². The number of aliphatic carboxylic acids is 1. The molecule has 2 aromatic rings. The van der Waals surface area contributed by atoms with E-state index in [0.717, 1.165) is 12.1 Å². The first kappa shape index (κ1) is 33.1. The number of aryl methyl sites for hydroxylation is 1. The number of benzene rings is 2. The number of hydrogen-bond donors (Lipinski definition) is 10. The van der Waals surface area contributed by atoms with E-state index >= 15 is 0 Å². The van der Waals surface area contributed by atoms with Crippen molar-refractivity contribution in [2.75, 3.05) is 6.61 Å². The molecule has 0 radical (unpaired) electrons. The topological polar surface area (TPSA) is 281 Å². The number of ether oxygens (including phenoxy) is 2. The van der Waals surface area contributed by atoms with Crippen molar-refractivity contribution in [1.29, 1.82) is 0 Å². The second kappa shape index (κ2) is 11.7. The molecule has 254 valence electrons. The van der Waals surface area contributed by atoms with Crippen LogP contribution in [0, 0.1) is 12.8 Å². The number of ketones is 2. The molecule has 0 saturated carbocycles. The summed E-state index contributed by atoms with van der Waals surface area (Å²) in [6.45, 7) is 2.10. The Morgan fingerprint density at radius 3 is 2.31 bits per heavy atom. The number of rotatable bonds is 5. The van der Waals surface area contributed by atoms with Crippen LogP contribution < -0.4 is 5.32 Å². The molecule has 8 atom stereocenters. The molecule has 2 aromatic carbocycles. The summed E-state index contributed by atoms with van der Waals surface area (Å²) in [6.07, 6.45) is -10.4. The number of carbonyl (C=O) groups excluding carboxylic acids is 3. The number of Topliss-reactive ketones (excluding diaryl/α,β-unsaturated/α-hetero) is 2. The van der Waals surface area contributed by atoms with Crippen LogP contribution in [-0.2, 0) is 14.3 Å². The summed E-state index contributed by atoms with van der Waals surface area (Å²) in [7, 11) is 0. The number of aliphatic hydroxyl groups excluding tert-OH is 5. The Kier molecular flexibility index (Phi) is 8.06. The molecule has 6 rings (SSSR count). The third-order valence-electron chi connectivity index (χ3n) is 9.17. The molecule has 3 aliphatic carbocycles. The smallest absolute Gasteiger partial charge is 0.325 e. The minimum absolute atomic E-state index is 0.0563. The molecule has 0 spiro atoms. The summed E-state index contributed by atoms with van der Waals surface area (Å²) in [5.74, 6) is -8.51.